The van der Waals surface area contributed by atoms with E-state index in [-0.39, 0.29) is 11.9 Å². The van der Waals surface area contributed by atoms with Crippen LogP contribution in [0.2, 0.25) is 0 Å². The second-order valence-corrected chi connectivity index (χ2v) is 6.14. The van der Waals surface area contributed by atoms with E-state index in [0.29, 0.717) is 12.2 Å². The number of nitrogens with one attached hydrogen (secondary N) is 1. The molecular weight excluding hydrogens is 273 g/mol. The Labute approximate surface area is 123 Å². The zero-order chi connectivity index (χ0) is 14.7. The lowest BCUT2D eigenvalue weighted by Gasteiger charge is -2.24. The van der Waals surface area contributed by atoms with Crippen LogP contribution in [0.1, 0.15) is 24.5 Å². The van der Waals surface area contributed by atoms with E-state index in [9.17, 15) is 4.39 Å². The van der Waals surface area contributed by atoms with Gasteiger partial charge in [-0.25, -0.2) is 9.37 Å². The molecule has 0 amide bonds. The molecule has 0 unspecified atom stereocenters. The minimum Gasteiger partial charge on any atom is -0.379 e. The van der Waals surface area contributed by atoms with Crippen LogP contribution >= 0.6 is 11.3 Å². The molecule has 5 heteroatoms. The molecule has 0 spiro atoms. The van der Waals surface area contributed by atoms with Crippen molar-refractivity contribution in [2.75, 3.05) is 17.3 Å². The quantitative estimate of drug-likeness (QED) is 0.901. The van der Waals surface area contributed by atoms with E-state index in [2.05, 4.69) is 10.3 Å². The highest BCUT2D eigenvalue weighted by Gasteiger charge is 2.11. The van der Waals surface area contributed by atoms with E-state index in [0.717, 1.165) is 16.4 Å². The van der Waals surface area contributed by atoms with Crippen LogP contribution < -0.4 is 10.2 Å². The largest absolute Gasteiger partial charge is 0.379 e. The van der Waals surface area contributed by atoms with Crippen LogP contribution in [0.4, 0.5) is 15.8 Å². The molecule has 0 bridgehead atoms. The van der Waals surface area contributed by atoms with Crippen LogP contribution in [-0.2, 0) is 6.54 Å². The highest BCUT2D eigenvalue weighted by atomic mass is 32.1. The van der Waals surface area contributed by atoms with Gasteiger partial charge >= 0.3 is 0 Å². The first kappa shape index (κ1) is 14.8. The van der Waals surface area contributed by atoms with Gasteiger partial charge in [-0.05, 0) is 39.0 Å². The SMILES string of the molecule is Cc1nc(CNc2ccc(N(C)C(C)C)c(F)c2)cs1. The summed E-state index contributed by atoms with van der Waals surface area (Å²) in [7, 11) is 1.90. The van der Waals surface area contributed by atoms with Crippen molar-refractivity contribution in [1.29, 1.82) is 0 Å². The first-order chi connectivity index (χ1) is 9.47. The highest BCUT2D eigenvalue weighted by molar-refractivity contribution is 7.09. The van der Waals surface area contributed by atoms with Gasteiger partial charge in [-0.2, -0.15) is 0 Å². The van der Waals surface area contributed by atoms with Gasteiger partial charge in [0.05, 0.1) is 22.9 Å². The van der Waals surface area contributed by atoms with Crippen molar-refractivity contribution in [2.45, 2.75) is 33.4 Å². The van der Waals surface area contributed by atoms with Crippen molar-refractivity contribution in [3.05, 3.63) is 40.1 Å². The van der Waals surface area contributed by atoms with Crippen molar-refractivity contribution < 1.29 is 4.39 Å². The fourth-order valence-corrected chi connectivity index (χ4v) is 2.48. The second kappa shape index (κ2) is 6.22. The number of hydrogen-bond donors (Lipinski definition) is 1. The number of aryl methyl sites for hydroxylation is 1. The standard InChI is InChI=1S/C15H20FN3S/c1-10(2)19(4)15-6-5-12(7-14(15)16)17-8-13-9-20-11(3)18-13/h5-7,9-10,17H,8H2,1-4H3. The lowest BCUT2D eigenvalue weighted by atomic mass is 10.2. The molecule has 1 aromatic heterocycles. The molecule has 2 rings (SSSR count). The van der Waals surface area contributed by atoms with Gasteiger partial charge in [-0.1, -0.05) is 0 Å². The molecule has 0 radical (unpaired) electrons. The number of thiazole rings is 1. The monoisotopic (exact) mass is 293 g/mol. The molecule has 1 heterocycles. The summed E-state index contributed by atoms with van der Waals surface area (Å²) in [5.41, 5.74) is 2.38. The fraction of sp³-hybridized carbons (Fsp3) is 0.400. The van der Waals surface area contributed by atoms with Gasteiger partial charge in [0.1, 0.15) is 5.82 Å². The smallest absolute Gasteiger partial charge is 0.148 e. The number of benzene rings is 1. The Morgan fingerprint density at radius 2 is 2.15 bits per heavy atom. The van der Waals surface area contributed by atoms with Crippen LogP contribution in [0, 0.1) is 12.7 Å². The number of anilines is 2. The Kier molecular flexibility index (Phi) is 4.60. The van der Waals surface area contributed by atoms with Crippen molar-refractivity contribution in [1.82, 2.24) is 4.98 Å². The average molecular weight is 293 g/mol. The first-order valence-electron chi connectivity index (χ1n) is 6.64. The molecule has 0 atom stereocenters. The van der Waals surface area contributed by atoms with Crippen LogP contribution in [0.5, 0.6) is 0 Å². The van der Waals surface area contributed by atoms with Gasteiger partial charge in [0.25, 0.3) is 0 Å². The Hall–Kier alpha value is -1.62. The van der Waals surface area contributed by atoms with Gasteiger partial charge in [0.15, 0.2) is 0 Å². The van der Waals surface area contributed by atoms with Crippen LogP contribution in [0.15, 0.2) is 23.6 Å². The highest BCUT2D eigenvalue weighted by Crippen LogP contribution is 2.23. The third kappa shape index (κ3) is 3.48. The molecule has 20 heavy (non-hydrogen) atoms. The molecule has 108 valence electrons. The Morgan fingerprint density at radius 1 is 1.40 bits per heavy atom. The van der Waals surface area contributed by atoms with Crippen molar-refractivity contribution >= 4 is 22.7 Å². The Morgan fingerprint density at radius 3 is 2.70 bits per heavy atom. The number of aromatic nitrogens is 1. The summed E-state index contributed by atoms with van der Waals surface area (Å²) in [6, 6.07) is 5.51. The average Bonchev–Trinajstić information content (AvgIpc) is 2.81. The lowest BCUT2D eigenvalue weighted by molar-refractivity contribution is 0.614. The molecule has 0 aliphatic carbocycles. The predicted molar refractivity (Wildman–Crippen MR) is 84.1 cm³/mol. The molecule has 0 fully saturated rings. The second-order valence-electron chi connectivity index (χ2n) is 5.08. The molecule has 3 nitrogen and oxygen atoms in total. The van der Waals surface area contributed by atoms with Crippen LogP contribution in [0.25, 0.3) is 0 Å². The fourth-order valence-electron chi connectivity index (χ4n) is 1.86. The van der Waals surface area contributed by atoms with Crippen molar-refractivity contribution in [3.63, 3.8) is 0 Å². The zero-order valence-electron chi connectivity index (χ0n) is 12.3. The van der Waals surface area contributed by atoms with E-state index < -0.39 is 0 Å². The predicted octanol–water partition coefficient (Wildman–Crippen LogP) is 4.05. The van der Waals surface area contributed by atoms with Gasteiger partial charge in [-0.3, -0.25) is 0 Å². The summed E-state index contributed by atoms with van der Waals surface area (Å²) >= 11 is 1.62. The van der Waals surface area contributed by atoms with E-state index in [1.54, 1.807) is 11.3 Å². The minimum absolute atomic E-state index is 0.208. The molecule has 1 N–H and O–H groups in total. The number of hydrogen-bond acceptors (Lipinski definition) is 4. The molecule has 0 aliphatic rings. The van der Waals surface area contributed by atoms with Crippen LogP contribution in [0.3, 0.4) is 0 Å². The maximum Gasteiger partial charge on any atom is 0.148 e. The minimum atomic E-state index is -0.208. The van der Waals surface area contributed by atoms with Gasteiger partial charge in [0, 0.05) is 24.2 Å². The topological polar surface area (TPSA) is 28.2 Å². The van der Waals surface area contributed by atoms with Gasteiger partial charge < -0.3 is 10.2 Å². The first-order valence-corrected chi connectivity index (χ1v) is 7.52. The summed E-state index contributed by atoms with van der Waals surface area (Å²) in [5.74, 6) is -0.208. The summed E-state index contributed by atoms with van der Waals surface area (Å²) in [5, 5.41) is 6.25. The van der Waals surface area contributed by atoms with E-state index in [1.165, 1.54) is 6.07 Å². The Bertz CT molecular complexity index is 580. The van der Waals surface area contributed by atoms with Crippen molar-refractivity contribution in [2.24, 2.45) is 0 Å². The summed E-state index contributed by atoms with van der Waals surface area (Å²) in [6.45, 7) is 6.67. The summed E-state index contributed by atoms with van der Waals surface area (Å²) < 4.78 is 14.1. The maximum atomic E-state index is 14.1. The van der Waals surface area contributed by atoms with Crippen molar-refractivity contribution in [3.8, 4) is 0 Å². The summed E-state index contributed by atoms with van der Waals surface area (Å²) in [4.78, 5) is 6.29. The number of rotatable bonds is 5. The molecule has 0 aliphatic heterocycles. The number of halogens is 1. The van der Waals surface area contributed by atoms with E-state index >= 15 is 0 Å². The number of nitrogens with zero attached hydrogens (tertiary/aromatic N) is 2. The molecule has 1 aromatic carbocycles. The molecular formula is C15H20FN3S. The Balaban J connectivity index is 2.05. The van der Waals surface area contributed by atoms with E-state index in [1.807, 2.05) is 50.2 Å². The maximum absolute atomic E-state index is 14.1. The van der Waals surface area contributed by atoms with Crippen LogP contribution in [-0.4, -0.2) is 18.1 Å². The molecule has 2 aromatic rings. The normalized spacial score (nSPS) is 10.9. The van der Waals surface area contributed by atoms with Gasteiger partial charge in [-0.15, -0.1) is 11.3 Å². The summed E-state index contributed by atoms with van der Waals surface area (Å²) in [6.07, 6.45) is 0. The third-order valence-electron chi connectivity index (χ3n) is 3.24. The third-order valence-corrected chi connectivity index (χ3v) is 4.06. The molecule has 0 saturated carbocycles. The lowest BCUT2D eigenvalue weighted by Crippen LogP contribution is -2.26. The molecule has 0 saturated heterocycles. The van der Waals surface area contributed by atoms with E-state index in [4.69, 9.17) is 0 Å². The van der Waals surface area contributed by atoms with Gasteiger partial charge in [0.2, 0.25) is 0 Å². The zero-order valence-corrected chi connectivity index (χ0v) is 13.1.